The van der Waals surface area contributed by atoms with Crippen LogP contribution in [0.25, 0.3) is 0 Å². The number of fused-ring (bicyclic) bond motifs is 1. The SMILES string of the molecule is O=C(NCC(=O)N1CCCc2ccccc21)[C@H]1CC(=O)N(c2cccc(Cl)c2)C1. The molecule has 150 valence electrons. The lowest BCUT2D eigenvalue weighted by Gasteiger charge is -2.29. The summed E-state index contributed by atoms with van der Waals surface area (Å²) in [5, 5.41) is 3.26. The molecule has 2 aliphatic heterocycles. The smallest absolute Gasteiger partial charge is 0.246 e. The third-order valence-corrected chi connectivity index (χ3v) is 5.68. The van der Waals surface area contributed by atoms with Gasteiger partial charge < -0.3 is 15.1 Å². The number of hydrogen-bond acceptors (Lipinski definition) is 3. The Morgan fingerprint density at radius 3 is 2.79 bits per heavy atom. The number of carbonyl (C=O) groups is 3. The van der Waals surface area contributed by atoms with E-state index in [0.717, 1.165) is 24.1 Å². The first-order valence-corrected chi connectivity index (χ1v) is 10.1. The normalized spacial score (nSPS) is 18.5. The van der Waals surface area contributed by atoms with E-state index in [9.17, 15) is 14.4 Å². The zero-order chi connectivity index (χ0) is 20.4. The molecular weight excluding hydrogens is 390 g/mol. The number of hydrogen-bond donors (Lipinski definition) is 1. The number of nitrogens with zero attached hydrogens (tertiary/aromatic N) is 2. The number of aryl methyl sites for hydroxylation is 1. The predicted octanol–water partition coefficient (Wildman–Crippen LogP) is 2.79. The molecule has 2 aromatic rings. The molecule has 0 aliphatic carbocycles. The molecule has 1 saturated heterocycles. The Kier molecular flexibility index (Phi) is 5.53. The molecule has 0 spiro atoms. The Morgan fingerprint density at radius 2 is 1.97 bits per heavy atom. The number of nitrogens with one attached hydrogen (secondary N) is 1. The van der Waals surface area contributed by atoms with Crippen molar-refractivity contribution in [1.82, 2.24) is 5.32 Å². The topological polar surface area (TPSA) is 69.7 Å². The molecule has 4 rings (SSSR count). The van der Waals surface area contributed by atoms with Gasteiger partial charge in [0.25, 0.3) is 0 Å². The van der Waals surface area contributed by atoms with E-state index >= 15 is 0 Å². The Balaban J connectivity index is 1.36. The maximum atomic E-state index is 12.7. The van der Waals surface area contributed by atoms with Gasteiger partial charge in [-0.25, -0.2) is 0 Å². The molecule has 7 heteroatoms. The van der Waals surface area contributed by atoms with Gasteiger partial charge in [-0.2, -0.15) is 0 Å². The number of amides is 3. The minimum atomic E-state index is -0.483. The van der Waals surface area contributed by atoms with Gasteiger partial charge in [-0.1, -0.05) is 35.9 Å². The van der Waals surface area contributed by atoms with E-state index < -0.39 is 5.92 Å². The second-order valence-electron chi connectivity index (χ2n) is 7.38. The van der Waals surface area contributed by atoms with Crippen LogP contribution in [-0.4, -0.2) is 37.4 Å². The van der Waals surface area contributed by atoms with E-state index in [-0.39, 0.29) is 37.2 Å². The van der Waals surface area contributed by atoms with E-state index in [1.165, 1.54) is 0 Å². The van der Waals surface area contributed by atoms with Gasteiger partial charge in [0.15, 0.2) is 0 Å². The molecular formula is C22H22ClN3O3. The van der Waals surface area contributed by atoms with Crippen LogP contribution in [0.15, 0.2) is 48.5 Å². The van der Waals surface area contributed by atoms with Crippen molar-refractivity contribution in [2.24, 2.45) is 5.92 Å². The van der Waals surface area contributed by atoms with Crippen LogP contribution < -0.4 is 15.1 Å². The summed E-state index contributed by atoms with van der Waals surface area (Å²) in [6.07, 6.45) is 1.98. The average Bonchev–Trinajstić information content (AvgIpc) is 3.13. The fourth-order valence-electron chi connectivity index (χ4n) is 3.97. The molecule has 2 heterocycles. The minimum absolute atomic E-state index is 0.0744. The Bertz CT molecular complexity index is 962. The maximum absolute atomic E-state index is 12.7. The largest absolute Gasteiger partial charge is 0.347 e. The lowest BCUT2D eigenvalue weighted by Crippen LogP contribution is -2.44. The van der Waals surface area contributed by atoms with E-state index in [2.05, 4.69) is 5.32 Å². The fraction of sp³-hybridized carbons (Fsp3) is 0.318. The predicted molar refractivity (Wildman–Crippen MR) is 112 cm³/mol. The van der Waals surface area contributed by atoms with Gasteiger partial charge in [0.05, 0.1) is 12.5 Å². The molecule has 2 aromatic carbocycles. The van der Waals surface area contributed by atoms with E-state index in [0.29, 0.717) is 17.3 Å². The van der Waals surface area contributed by atoms with Crippen LogP contribution in [0.4, 0.5) is 11.4 Å². The van der Waals surface area contributed by atoms with Gasteiger partial charge in [0.2, 0.25) is 17.7 Å². The summed E-state index contributed by atoms with van der Waals surface area (Å²) < 4.78 is 0. The van der Waals surface area contributed by atoms with Crippen molar-refractivity contribution in [2.45, 2.75) is 19.3 Å². The quantitative estimate of drug-likeness (QED) is 0.841. The molecule has 0 aromatic heterocycles. The summed E-state index contributed by atoms with van der Waals surface area (Å²) in [4.78, 5) is 40.9. The zero-order valence-electron chi connectivity index (χ0n) is 15.9. The third-order valence-electron chi connectivity index (χ3n) is 5.44. The van der Waals surface area contributed by atoms with E-state index in [4.69, 9.17) is 11.6 Å². The van der Waals surface area contributed by atoms with Crippen molar-refractivity contribution in [3.05, 3.63) is 59.1 Å². The number of carbonyl (C=O) groups excluding carboxylic acids is 3. The molecule has 3 amide bonds. The monoisotopic (exact) mass is 411 g/mol. The second-order valence-corrected chi connectivity index (χ2v) is 7.82. The van der Waals surface area contributed by atoms with Crippen molar-refractivity contribution in [2.75, 3.05) is 29.4 Å². The lowest BCUT2D eigenvalue weighted by atomic mass is 10.0. The summed E-state index contributed by atoms with van der Waals surface area (Å²) in [6.45, 7) is 0.858. The van der Waals surface area contributed by atoms with Crippen molar-refractivity contribution in [1.29, 1.82) is 0 Å². The Labute approximate surface area is 174 Å². The van der Waals surface area contributed by atoms with E-state index in [1.807, 2.05) is 24.3 Å². The summed E-state index contributed by atoms with van der Waals surface area (Å²) in [7, 11) is 0. The summed E-state index contributed by atoms with van der Waals surface area (Å²) in [6, 6.07) is 14.9. The van der Waals surface area contributed by atoms with Crippen LogP contribution in [-0.2, 0) is 20.8 Å². The Morgan fingerprint density at radius 1 is 1.14 bits per heavy atom. The van der Waals surface area contributed by atoms with Crippen molar-refractivity contribution < 1.29 is 14.4 Å². The molecule has 1 fully saturated rings. The van der Waals surface area contributed by atoms with Crippen molar-refractivity contribution >= 4 is 40.7 Å². The molecule has 29 heavy (non-hydrogen) atoms. The van der Waals surface area contributed by atoms with Crippen LogP contribution in [0, 0.1) is 5.92 Å². The molecule has 0 unspecified atom stereocenters. The van der Waals surface area contributed by atoms with Gasteiger partial charge in [0.1, 0.15) is 0 Å². The van der Waals surface area contributed by atoms with Crippen molar-refractivity contribution in [3.8, 4) is 0 Å². The van der Waals surface area contributed by atoms with Crippen molar-refractivity contribution in [3.63, 3.8) is 0 Å². The first-order valence-electron chi connectivity index (χ1n) is 9.75. The van der Waals surface area contributed by atoms with Gasteiger partial charge >= 0.3 is 0 Å². The van der Waals surface area contributed by atoms with Crippen LogP contribution in [0.3, 0.4) is 0 Å². The molecule has 0 radical (unpaired) electrons. The number of halogens is 1. The molecule has 1 N–H and O–H groups in total. The van der Waals surface area contributed by atoms with Gasteiger partial charge in [-0.3, -0.25) is 14.4 Å². The molecule has 0 saturated carbocycles. The number of anilines is 2. The summed E-state index contributed by atoms with van der Waals surface area (Å²) in [5.41, 5.74) is 2.75. The highest BCUT2D eigenvalue weighted by Crippen LogP contribution is 2.28. The highest BCUT2D eigenvalue weighted by molar-refractivity contribution is 6.31. The van der Waals surface area contributed by atoms with Crippen LogP contribution >= 0.6 is 11.6 Å². The number of para-hydroxylation sites is 1. The minimum Gasteiger partial charge on any atom is -0.347 e. The summed E-state index contributed by atoms with van der Waals surface area (Å²) >= 11 is 6.00. The summed E-state index contributed by atoms with van der Waals surface area (Å²) in [5.74, 6) is -1.02. The highest BCUT2D eigenvalue weighted by atomic mass is 35.5. The highest BCUT2D eigenvalue weighted by Gasteiger charge is 2.35. The third kappa shape index (κ3) is 4.12. The Hall–Kier alpha value is -2.86. The van der Waals surface area contributed by atoms with Crippen LogP contribution in [0.1, 0.15) is 18.4 Å². The van der Waals surface area contributed by atoms with E-state index in [1.54, 1.807) is 34.1 Å². The first-order chi connectivity index (χ1) is 14.0. The molecule has 6 nitrogen and oxygen atoms in total. The number of rotatable bonds is 4. The standard InChI is InChI=1S/C22H22ClN3O3/c23-17-7-3-8-18(12-17)26-14-16(11-20(26)27)22(29)24-13-21(28)25-10-4-6-15-5-1-2-9-19(15)25/h1-3,5,7-9,12,16H,4,6,10-11,13-14H2,(H,24,29)/t16-/m0/s1. The second kappa shape index (κ2) is 8.25. The van der Waals surface area contributed by atoms with Crippen LogP contribution in [0.5, 0.6) is 0 Å². The maximum Gasteiger partial charge on any atom is 0.246 e. The molecule has 0 bridgehead atoms. The fourth-order valence-corrected chi connectivity index (χ4v) is 4.16. The number of benzene rings is 2. The van der Waals surface area contributed by atoms with Gasteiger partial charge in [-0.05, 0) is 42.7 Å². The zero-order valence-corrected chi connectivity index (χ0v) is 16.7. The average molecular weight is 412 g/mol. The van der Waals surface area contributed by atoms with Gasteiger partial charge in [-0.15, -0.1) is 0 Å². The lowest BCUT2D eigenvalue weighted by molar-refractivity contribution is -0.128. The van der Waals surface area contributed by atoms with Gasteiger partial charge in [0, 0.05) is 35.9 Å². The van der Waals surface area contributed by atoms with Crippen LogP contribution in [0.2, 0.25) is 5.02 Å². The first kappa shape index (κ1) is 19.5. The molecule has 2 aliphatic rings. The molecule has 1 atom stereocenters.